The molecule has 18 heavy (non-hydrogen) atoms. The summed E-state index contributed by atoms with van der Waals surface area (Å²) in [5.41, 5.74) is 1.35. The number of nitrogens with zero attached hydrogens (tertiary/aromatic N) is 1. The largest absolute Gasteiger partial charge is 0.383 e. The lowest BCUT2D eigenvalue weighted by Crippen LogP contribution is -2.26. The van der Waals surface area contributed by atoms with Gasteiger partial charge in [0.25, 0.3) is 0 Å². The summed E-state index contributed by atoms with van der Waals surface area (Å²) in [6.07, 6.45) is 0. The van der Waals surface area contributed by atoms with Crippen molar-refractivity contribution in [3.05, 3.63) is 58.3 Å². The van der Waals surface area contributed by atoms with Crippen LogP contribution in [-0.4, -0.2) is 25.2 Å². The Hall–Kier alpha value is -1.16. The number of methoxy groups -OCH3 is 1. The van der Waals surface area contributed by atoms with Gasteiger partial charge in [-0.25, -0.2) is 0 Å². The minimum atomic E-state index is 0.776. The van der Waals surface area contributed by atoms with E-state index in [-0.39, 0.29) is 0 Å². The molecule has 0 unspecified atom stereocenters. The maximum atomic E-state index is 5.19. The zero-order chi connectivity index (χ0) is 12.6. The summed E-state index contributed by atoms with van der Waals surface area (Å²) in [6.45, 7) is 3.71. The molecule has 96 valence electrons. The van der Waals surface area contributed by atoms with Crippen LogP contribution in [0.25, 0.3) is 0 Å². The fourth-order valence-corrected chi connectivity index (χ4v) is 2.65. The van der Waals surface area contributed by atoms with Crippen LogP contribution >= 0.6 is 11.3 Å². The number of rotatable bonds is 7. The zero-order valence-electron chi connectivity index (χ0n) is 10.7. The van der Waals surface area contributed by atoms with E-state index >= 15 is 0 Å². The molecule has 2 rings (SSSR count). The third-order valence-electron chi connectivity index (χ3n) is 2.82. The highest BCUT2D eigenvalue weighted by Gasteiger charge is 2.07. The summed E-state index contributed by atoms with van der Waals surface area (Å²) in [5, 5.41) is 2.13. The molecule has 2 nitrogen and oxygen atoms in total. The zero-order valence-corrected chi connectivity index (χ0v) is 11.5. The lowest BCUT2D eigenvalue weighted by Gasteiger charge is -2.21. The molecule has 0 atom stereocenters. The van der Waals surface area contributed by atoms with Gasteiger partial charge in [0.15, 0.2) is 0 Å². The number of hydrogen-bond donors (Lipinski definition) is 0. The third kappa shape index (κ3) is 4.26. The second kappa shape index (κ2) is 7.31. The van der Waals surface area contributed by atoms with Crippen molar-refractivity contribution in [1.29, 1.82) is 0 Å². The average Bonchev–Trinajstić information content (AvgIpc) is 2.90. The molecular weight excluding hydrogens is 242 g/mol. The van der Waals surface area contributed by atoms with Crippen LogP contribution in [0, 0.1) is 0 Å². The summed E-state index contributed by atoms with van der Waals surface area (Å²) >= 11 is 1.81. The van der Waals surface area contributed by atoms with Crippen molar-refractivity contribution in [3.8, 4) is 0 Å². The van der Waals surface area contributed by atoms with E-state index < -0.39 is 0 Å². The van der Waals surface area contributed by atoms with Crippen molar-refractivity contribution in [2.75, 3.05) is 20.3 Å². The smallest absolute Gasteiger partial charge is 0.0589 e. The van der Waals surface area contributed by atoms with Gasteiger partial charge in [0.1, 0.15) is 0 Å². The quantitative estimate of drug-likeness (QED) is 0.757. The van der Waals surface area contributed by atoms with Crippen molar-refractivity contribution < 1.29 is 4.74 Å². The highest BCUT2D eigenvalue weighted by Crippen LogP contribution is 2.14. The van der Waals surface area contributed by atoms with Crippen molar-refractivity contribution in [1.82, 2.24) is 4.90 Å². The second-order valence-electron chi connectivity index (χ2n) is 4.27. The van der Waals surface area contributed by atoms with E-state index in [9.17, 15) is 0 Å². The van der Waals surface area contributed by atoms with Crippen LogP contribution < -0.4 is 0 Å². The van der Waals surface area contributed by atoms with Crippen LogP contribution in [0.2, 0.25) is 0 Å². The first-order valence-electron chi connectivity index (χ1n) is 6.16. The van der Waals surface area contributed by atoms with E-state index in [4.69, 9.17) is 4.74 Å². The molecule has 0 aliphatic rings. The second-order valence-corrected chi connectivity index (χ2v) is 5.30. The van der Waals surface area contributed by atoms with Gasteiger partial charge in [-0.2, -0.15) is 0 Å². The van der Waals surface area contributed by atoms with E-state index in [1.807, 2.05) is 11.3 Å². The van der Waals surface area contributed by atoms with E-state index in [0.29, 0.717) is 0 Å². The van der Waals surface area contributed by atoms with Crippen LogP contribution in [0.3, 0.4) is 0 Å². The van der Waals surface area contributed by atoms with Crippen LogP contribution in [0.1, 0.15) is 10.4 Å². The molecule has 0 aliphatic carbocycles. The number of thiophene rings is 1. The van der Waals surface area contributed by atoms with Crippen molar-refractivity contribution in [2.24, 2.45) is 0 Å². The molecule has 1 aromatic heterocycles. The minimum absolute atomic E-state index is 0.776. The van der Waals surface area contributed by atoms with Crippen LogP contribution in [0.4, 0.5) is 0 Å². The predicted octanol–water partition coefficient (Wildman–Crippen LogP) is 3.40. The van der Waals surface area contributed by atoms with Gasteiger partial charge < -0.3 is 4.74 Å². The molecule has 1 aromatic carbocycles. The molecular formula is C15H19NOS. The predicted molar refractivity (Wildman–Crippen MR) is 76.8 cm³/mol. The fraction of sp³-hybridized carbons (Fsp3) is 0.333. The Kier molecular flexibility index (Phi) is 5.39. The van der Waals surface area contributed by atoms with Crippen molar-refractivity contribution >= 4 is 11.3 Å². The van der Waals surface area contributed by atoms with Crippen molar-refractivity contribution in [2.45, 2.75) is 13.1 Å². The summed E-state index contributed by atoms with van der Waals surface area (Å²) in [7, 11) is 1.76. The molecule has 0 radical (unpaired) electrons. The SMILES string of the molecule is COCCN(Cc1ccccc1)Cc1cccs1. The molecule has 0 saturated heterocycles. The lowest BCUT2D eigenvalue weighted by molar-refractivity contribution is 0.140. The van der Waals surface area contributed by atoms with Gasteiger partial charge in [0, 0.05) is 31.6 Å². The average molecular weight is 261 g/mol. The minimum Gasteiger partial charge on any atom is -0.383 e. The molecule has 0 N–H and O–H groups in total. The number of hydrogen-bond acceptors (Lipinski definition) is 3. The van der Waals surface area contributed by atoms with E-state index in [1.54, 1.807) is 7.11 Å². The summed E-state index contributed by atoms with van der Waals surface area (Å²) in [5.74, 6) is 0. The Balaban J connectivity index is 1.96. The molecule has 0 aliphatic heterocycles. The van der Waals surface area contributed by atoms with Crippen LogP contribution in [-0.2, 0) is 17.8 Å². The van der Waals surface area contributed by atoms with Gasteiger partial charge in [-0.15, -0.1) is 11.3 Å². The van der Waals surface area contributed by atoms with E-state index in [1.165, 1.54) is 10.4 Å². The monoisotopic (exact) mass is 261 g/mol. The summed E-state index contributed by atoms with van der Waals surface area (Å²) in [4.78, 5) is 3.83. The van der Waals surface area contributed by atoms with Crippen molar-refractivity contribution in [3.63, 3.8) is 0 Å². The van der Waals surface area contributed by atoms with Crippen LogP contribution in [0.5, 0.6) is 0 Å². The first-order chi connectivity index (χ1) is 8.88. The summed E-state index contributed by atoms with van der Waals surface area (Å²) < 4.78 is 5.19. The summed E-state index contributed by atoms with van der Waals surface area (Å²) in [6, 6.07) is 14.9. The van der Waals surface area contributed by atoms with Gasteiger partial charge in [-0.3, -0.25) is 4.90 Å². The van der Waals surface area contributed by atoms with Crippen LogP contribution in [0.15, 0.2) is 47.8 Å². The van der Waals surface area contributed by atoms with Gasteiger partial charge in [0.2, 0.25) is 0 Å². The molecule has 0 fully saturated rings. The Morgan fingerprint density at radius 3 is 2.56 bits per heavy atom. The lowest BCUT2D eigenvalue weighted by atomic mass is 10.2. The molecule has 3 heteroatoms. The first kappa shape index (κ1) is 13.3. The fourth-order valence-electron chi connectivity index (χ4n) is 1.90. The standard InChI is InChI=1S/C15H19NOS/c1-17-10-9-16(13-15-8-5-11-18-15)12-14-6-3-2-4-7-14/h2-8,11H,9-10,12-13H2,1H3. The van der Waals surface area contributed by atoms with E-state index in [2.05, 4.69) is 52.7 Å². The third-order valence-corrected chi connectivity index (χ3v) is 3.68. The molecule has 0 spiro atoms. The van der Waals surface area contributed by atoms with Gasteiger partial charge in [-0.05, 0) is 17.0 Å². The Bertz CT molecular complexity index is 427. The normalized spacial score (nSPS) is 11.0. The maximum absolute atomic E-state index is 5.19. The highest BCUT2D eigenvalue weighted by molar-refractivity contribution is 7.09. The Morgan fingerprint density at radius 1 is 1.06 bits per heavy atom. The van der Waals surface area contributed by atoms with Gasteiger partial charge >= 0.3 is 0 Å². The topological polar surface area (TPSA) is 12.5 Å². The molecule has 2 aromatic rings. The Labute approximate surface area is 113 Å². The first-order valence-corrected chi connectivity index (χ1v) is 7.04. The highest BCUT2D eigenvalue weighted by atomic mass is 32.1. The maximum Gasteiger partial charge on any atom is 0.0589 e. The molecule has 0 amide bonds. The number of ether oxygens (including phenoxy) is 1. The van der Waals surface area contributed by atoms with Gasteiger partial charge in [-0.1, -0.05) is 36.4 Å². The van der Waals surface area contributed by atoms with Gasteiger partial charge in [0.05, 0.1) is 6.61 Å². The molecule has 1 heterocycles. The molecule has 0 bridgehead atoms. The Morgan fingerprint density at radius 2 is 1.89 bits per heavy atom. The van der Waals surface area contributed by atoms with E-state index in [0.717, 1.165) is 26.2 Å². The number of benzene rings is 1. The molecule has 0 saturated carbocycles.